The Balaban J connectivity index is 2.29. The van der Waals surface area contributed by atoms with Gasteiger partial charge in [-0.3, -0.25) is 0 Å². The molecule has 1 fully saturated rings. The Labute approximate surface area is 116 Å². The van der Waals surface area contributed by atoms with Gasteiger partial charge in [-0.05, 0) is 53.4 Å². The van der Waals surface area contributed by atoms with Crippen molar-refractivity contribution in [3.8, 4) is 0 Å². The highest BCUT2D eigenvalue weighted by Gasteiger charge is 2.23. The van der Waals surface area contributed by atoms with Crippen molar-refractivity contribution in [2.24, 2.45) is 10.9 Å². The summed E-state index contributed by atoms with van der Waals surface area (Å²) in [6.07, 6.45) is 3.67. The molecule has 0 aromatic heterocycles. The number of halogens is 1. The molecule has 0 bridgehead atoms. The molecule has 1 saturated heterocycles. The number of benzene rings is 1. The molecule has 1 heterocycles. The third kappa shape index (κ3) is 2.46. The van der Waals surface area contributed by atoms with E-state index in [0.717, 1.165) is 11.0 Å². The van der Waals surface area contributed by atoms with Gasteiger partial charge in [-0.25, -0.2) is 0 Å². The first-order valence-corrected chi connectivity index (χ1v) is 7.00. The lowest BCUT2D eigenvalue weighted by Crippen LogP contribution is -2.28. The first-order chi connectivity index (χ1) is 8.67. The summed E-state index contributed by atoms with van der Waals surface area (Å²) in [5, 5.41) is 11.7. The maximum atomic E-state index is 8.71. The van der Waals surface area contributed by atoms with Crippen LogP contribution in [0.3, 0.4) is 0 Å². The Morgan fingerprint density at radius 1 is 1.61 bits per heavy atom. The molecule has 4 nitrogen and oxygen atoms in total. The van der Waals surface area contributed by atoms with Crippen LogP contribution < -0.4 is 10.6 Å². The minimum Gasteiger partial charge on any atom is -0.409 e. The van der Waals surface area contributed by atoms with Crippen molar-refractivity contribution in [3.05, 3.63) is 28.2 Å². The summed E-state index contributed by atoms with van der Waals surface area (Å²) >= 11 is 3.48. The highest BCUT2D eigenvalue weighted by molar-refractivity contribution is 9.10. The summed E-state index contributed by atoms with van der Waals surface area (Å²) < 4.78 is 0.858. The number of oxime groups is 1. The molecule has 0 saturated carbocycles. The Kier molecular flexibility index (Phi) is 4.11. The first-order valence-electron chi connectivity index (χ1n) is 6.21. The Morgan fingerprint density at radius 2 is 2.39 bits per heavy atom. The summed E-state index contributed by atoms with van der Waals surface area (Å²) in [5.41, 5.74) is 7.52. The van der Waals surface area contributed by atoms with Crippen LogP contribution in [0.1, 0.15) is 31.7 Å². The molecule has 98 valence electrons. The van der Waals surface area contributed by atoms with Crippen molar-refractivity contribution >= 4 is 27.5 Å². The molecule has 3 N–H and O–H groups in total. The fourth-order valence-corrected chi connectivity index (χ4v) is 3.11. The quantitative estimate of drug-likeness (QED) is 0.390. The van der Waals surface area contributed by atoms with E-state index in [-0.39, 0.29) is 5.84 Å². The van der Waals surface area contributed by atoms with E-state index in [1.54, 1.807) is 0 Å². The van der Waals surface area contributed by atoms with Gasteiger partial charge in [-0.1, -0.05) is 12.1 Å². The van der Waals surface area contributed by atoms with Gasteiger partial charge in [0.05, 0.1) is 0 Å². The second-order valence-electron chi connectivity index (χ2n) is 4.55. The predicted molar refractivity (Wildman–Crippen MR) is 77.3 cm³/mol. The van der Waals surface area contributed by atoms with Crippen LogP contribution in [0.4, 0.5) is 5.69 Å². The van der Waals surface area contributed by atoms with E-state index in [2.05, 4.69) is 32.9 Å². The summed E-state index contributed by atoms with van der Waals surface area (Å²) in [4.78, 5) is 2.43. The fraction of sp³-hybridized carbons (Fsp3) is 0.462. The van der Waals surface area contributed by atoms with Gasteiger partial charge < -0.3 is 15.8 Å². The van der Waals surface area contributed by atoms with E-state index in [0.29, 0.717) is 11.6 Å². The topological polar surface area (TPSA) is 61.8 Å². The molecule has 2 rings (SSSR count). The van der Waals surface area contributed by atoms with Gasteiger partial charge >= 0.3 is 0 Å². The van der Waals surface area contributed by atoms with Crippen LogP contribution in [0.25, 0.3) is 0 Å². The molecular formula is C13H18BrN3O. The summed E-state index contributed by atoms with van der Waals surface area (Å²) in [7, 11) is 0. The van der Waals surface area contributed by atoms with Crippen LogP contribution in [0.15, 0.2) is 27.8 Å². The Hall–Kier alpha value is -1.23. The van der Waals surface area contributed by atoms with Gasteiger partial charge in [0.25, 0.3) is 0 Å². The number of hydrogen-bond donors (Lipinski definition) is 2. The standard InChI is InChI=1S/C13H18BrN3O/c1-2-9-4-3-7-17(9)10-5-6-11(12(14)8-10)13(15)16-18/h5-6,8-9,18H,2-4,7H2,1H3,(H2,15,16). The molecule has 0 radical (unpaired) electrons. The maximum Gasteiger partial charge on any atom is 0.171 e. The van der Waals surface area contributed by atoms with Crippen LogP contribution in [0.5, 0.6) is 0 Å². The summed E-state index contributed by atoms with van der Waals surface area (Å²) in [5.74, 6) is 0.127. The maximum absolute atomic E-state index is 8.71. The molecule has 1 aromatic rings. The van der Waals surface area contributed by atoms with Crippen molar-refractivity contribution < 1.29 is 5.21 Å². The highest BCUT2D eigenvalue weighted by Crippen LogP contribution is 2.30. The number of amidine groups is 1. The number of nitrogens with zero attached hydrogens (tertiary/aromatic N) is 2. The predicted octanol–water partition coefficient (Wildman–Crippen LogP) is 2.92. The molecule has 5 heteroatoms. The fourth-order valence-electron chi connectivity index (χ4n) is 2.54. The van der Waals surface area contributed by atoms with E-state index in [1.165, 1.54) is 24.9 Å². The third-order valence-electron chi connectivity index (χ3n) is 3.52. The van der Waals surface area contributed by atoms with Crippen molar-refractivity contribution in [1.82, 2.24) is 0 Å². The highest BCUT2D eigenvalue weighted by atomic mass is 79.9. The first kappa shape index (κ1) is 13.2. The van der Waals surface area contributed by atoms with Crippen LogP contribution in [0.2, 0.25) is 0 Å². The van der Waals surface area contributed by atoms with Gasteiger partial charge in [0.1, 0.15) is 0 Å². The van der Waals surface area contributed by atoms with Crippen molar-refractivity contribution in [2.75, 3.05) is 11.4 Å². The molecular weight excluding hydrogens is 294 g/mol. The lowest BCUT2D eigenvalue weighted by Gasteiger charge is -2.26. The molecule has 1 aliphatic rings. The van der Waals surface area contributed by atoms with Crippen molar-refractivity contribution in [1.29, 1.82) is 0 Å². The Morgan fingerprint density at radius 3 is 3.00 bits per heavy atom. The zero-order valence-corrected chi connectivity index (χ0v) is 12.0. The second-order valence-corrected chi connectivity index (χ2v) is 5.40. The van der Waals surface area contributed by atoms with Gasteiger partial charge in [-0.2, -0.15) is 0 Å². The molecule has 1 unspecified atom stereocenters. The number of nitrogens with two attached hydrogens (primary N) is 1. The molecule has 1 aromatic carbocycles. The van der Waals surface area contributed by atoms with Gasteiger partial charge in [0.2, 0.25) is 0 Å². The average molecular weight is 312 g/mol. The van der Waals surface area contributed by atoms with Gasteiger partial charge in [0, 0.05) is 28.3 Å². The molecule has 0 amide bonds. The number of hydrogen-bond acceptors (Lipinski definition) is 3. The van der Waals surface area contributed by atoms with Gasteiger partial charge in [-0.15, -0.1) is 0 Å². The average Bonchev–Trinajstić information content (AvgIpc) is 2.86. The third-order valence-corrected chi connectivity index (χ3v) is 4.17. The van der Waals surface area contributed by atoms with E-state index >= 15 is 0 Å². The lowest BCUT2D eigenvalue weighted by atomic mass is 10.1. The zero-order chi connectivity index (χ0) is 13.1. The molecule has 1 atom stereocenters. The molecule has 0 aliphatic carbocycles. The lowest BCUT2D eigenvalue weighted by molar-refractivity contribution is 0.318. The van der Waals surface area contributed by atoms with Crippen molar-refractivity contribution in [2.45, 2.75) is 32.2 Å². The van der Waals surface area contributed by atoms with Crippen LogP contribution >= 0.6 is 15.9 Å². The normalized spacial score (nSPS) is 20.4. The molecule has 1 aliphatic heterocycles. The van der Waals surface area contributed by atoms with E-state index in [4.69, 9.17) is 10.9 Å². The molecule has 18 heavy (non-hydrogen) atoms. The van der Waals surface area contributed by atoms with Crippen molar-refractivity contribution in [3.63, 3.8) is 0 Å². The van der Waals surface area contributed by atoms with E-state index < -0.39 is 0 Å². The van der Waals surface area contributed by atoms with Crippen LogP contribution in [-0.4, -0.2) is 23.6 Å². The van der Waals surface area contributed by atoms with Gasteiger partial charge in [0.15, 0.2) is 5.84 Å². The number of anilines is 1. The minimum atomic E-state index is 0.127. The van der Waals surface area contributed by atoms with E-state index in [1.807, 2.05) is 18.2 Å². The minimum absolute atomic E-state index is 0.127. The summed E-state index contributed by atoms with van der Waals surface area (Å²) in [6, 6.07) is 6.60. The van der Waals surface area contributed by atoms with E-state index in [9.17, 15) is 0 Å². The van der Waals surface area contributed by atoms with Crippen LogP contribution in [-0.2, 0) is 0 Å². The molecule has 0 spiro atoms. The second kappa shape index (κ2) is 5.61. The Bertz CT molecular complexity index is 462. The van der Waals surface area contributed by atoms with Crippen LogP contribution in [0, 0.1) is 0 Å². The SMILES string of the molecule is CCC1CCCN1c1ccc(/C(N)=N/O)c(Br)c1. The smallest absolute Gasteiger partial charge is 0.171 e. The zero-order valence-electron chi connectivity index (χ0n) is 10.4. The summed E-state index contributed by atoms with van der Waals surface area (Å²) in [6.45, 7) is 3.33. The number of rotatable bonds is 3. The largest absolute Gasteiger partial charge is 0.409 e. The monoisotopic (exact) mass is 311 g/mol.